The molecule has 0 aliphatic carbocycles. The highest BCUT2D eigenvalue weighted by molar-refractivity contribution is 7.89. The van der Waals surface area contributed by atoms with Crippen LogP contribution in [0.3, 0.4) is 0 Å². The van der Waals surface area contributed by atoms with E-state index in [1.54, 1.807) is 0 Å². The van der Waals surface area contributed by atoms with E-state index >= 15 is 0 Å². The fourth-order valence-electron chi connectivity index (χ4n) is 1.04. The third-order valence-corrected chi connectivity index (χ3v) is 3.91. The Labute approximate surface area is 105 Å². The lowest BCUT2D eigenvalue weighted by Gasteiger charge is -2.11. The van der Waals surface area contributed by atoms with Crippen molar-refractivity contribution in [3.8, 4) is 0 Å². The van der Waals surface area contributed by atoms with Gasteiger partial charge in [-0.25, -0.2) is 27.5 Å². The predicted molar refractivity (Wildman–Crippen MR) is 65.0 cm³/mol. The second-order valence-electron chi connectivity index (χ2n) is 3.60. The number of carboxylic acid groups (broad SMARTS) is 1. The van der Waals surface area contributed by atoms with E-state index in [4.69, 9.17) is 5.11 Å². The summed E-state index contributed by atoms with van der Waals surface area (Å²) >= 11 is 0. The number of aromatic nitrogens is 2. The van der Waals surface area contributed by atoms with Crippen LogP contribution in [-0.2, 0) is 10.0 Å². The van der Waals surface area contributed by atoms with Crippen LogP contribution in [0.4, 0.5) is 5.95 Å². The van der Waals surface area contributed by atoms with Gasteiger partial charge in [0.05, 0.1) is 5.75 Å². The quantitative estimate of drug-likeness (QED) is 0.717. The monoisotopic (exact) mass is 274 g/mol. The first kappa shape index (κ1) is 14.3. The standard InChI is InChI=1S/C9H14N4O4S/c1-13(2)18(16,17)6-5-11-9-10-4-3-7(12-9)8(14)15/h3-4H,5-6H2,1-2H3,(H,14,15)(H,10,11,12). The van der Waals surface area contributed by atoms with Crippen molar-refractivity contribution in [2.45, 2.75) is 0 Å². The van der Waals surface area contributed by atoms with E-state index in [0.29, 0.717) is 0 Å². The van der Waals surface area contributed by atoms with Crippen LogP contribution in [-0.4, -0.2) is 60.2 Å². The molecule has 0 radical (unpaired) electrons. The highest BCUT2D eigenvalue weighted by Crippen LogP contribution is 2.01. The lowest BCUT2D eigenvalue weighted by molar-refractivity contribution is 0.0690. The molecule has 0 bridgehead atoms. The van der Waals surface area contributed by atoms with Gasteiger partial charge in [-0.05, 0) is 6.07 Å². The molecule has 9 heteroatoms. The second-order valence-corrected chi connectivity index (χ2v) is 5.90. The number of rotatable bonds is 6. The summed E-state index contributed by atoms with van der Waals surface area (Å²) in [6.07, 6.45) is 1.29. The van der Waals surface area contributed by atoms with Crippen LogP contribution in [0.5, 0.6) is 0 Å². The number of sulfonamides is 1. The number of hydrogen-bond donors (Lipinski definition) is 2. The molecule has 0 aliphatic heterocycles. The van der Waals surface area contributed by atoms with Gasteiger partial charge >= 0.3 is 5.97 Å². The second kappa shape index (κ2) is 5.74. The molecule has 0 saturated heterocycles. The molecule has 0 amide bonds. The molecular weight excluding hydrogens is 260 g/mol. The number of hydrogen-bond acceptors (Lipinski definition) is 6. The summed E-state index contributed by atoms with van der Waals surface area (Å²) in [6.45, 7) is 0.101. The number of anilines is 1. The maximum absolute atomic E-state index is 11.4. The van der Waals surface area contributed by atoms with Crippen molar-refractivity contribution in [1.82, 2.24) is 14.3 Å². The maximum Gasteiger partial charge on any atom is 0.354 e. The van der Waals surface area contributed by atoms with Gasteiger partial charge in [0.1, 0.15) is 0 Å². The van der Waals surface area contributed by atoms with Crippen molar-refractivity contribution < 1.29 is 18.3 Å². The summed E-state index contributed by atoms with van der Waals surface area (Å²) in [5.74, 6) is -1.20. The summed E-state index contributed by atoms with van der Waals surface area (Å²) in [4.78, 5) is 18.2. The van der Waals surface area contributed by atoms with Crippen LogP contribution in [0, 0.1) is 0 Å². The lowest BCUT2D eigenvalue weighted by Crippen LogP contribution is -2.28. The van der Waals surface area contributed by atoms with E-state index in [1.807, 2.05) is 0 Å². The van der Waals surface area contributed by atoms with E-state index < -0.39 is 16.0 Å². The van der Waals surface area contributed by atoms with Crippen molar-refractivity contribution >= 4 is 21.9 Å². The summed E-state index contributed by atoms with van der Waals surface area (Å²) in [7, 11) is -0.413. The topological polar surface area (TPSA) is 112 Å². The Balaban J connectivity index is 2.60. The van der Waals surface area contributed by atoms with Gasteiger partial charge in [0, 0.05) is 26.8 Å². The number of nitrogens with zero attached hydrogens (tertiary/aromatic N) is 3. The molecule has 0 spiro atoms. The highest BCUT2D eigenvalue weighted by atomic mass is 32.2. The lowest BCUT2D eigenvalue weighted by atomic mass is 10.4. The minimum absolute atomic E-state index is 0.0869. The molecule has 18 heavy (non-hydrogen) atoms. The molecule has 0 unspecified atom stereocenters. The minimum atomic E-state index is -3.30. The van der Waals surface area contributed by atoms with Gasteiger partial charge in [-0.15, -0.1) is 0 Å². The molecule has 0 atom stereocenters. The fraction of sp³-hybridized carbons (Fsp3) is 0.444. The summed E-state index contributed by atoms with van der Waals surface area (Å²) in [5.41, 5.74) is -0.150. The zero-order chi connectivity index (χ0) is 13.8. The van der Waals surface area contributed by atoms with Gasteiger partial charge in [0.15, 0.2) is 5.69 Å². The van der Waals surface area contributed by atoms with Crippen LogP contribution >= 0.6 is 0 Å². The Kier molecular flexibility index (Phi) is 4.56. The molecule has 1 rings (SSSR count). The molecule has 1 aromatic heterocycles. The normalized spacial score (nSPS) is 11.5. The first-order valence-corrected chi connectivity index (χ1v) is 6.64. The molecule has 0 fully saturated rings. The molecular formula is C9H14N4O4S. The molecule has 1 aromatic rings. The molecule has 1 heterocycles. The number of nitrogens with one attached hydrogen (secondary N) is 1. The minimum Gasteiger partial charge on any atom is -0.477 e. The van der Waals surface area contributed by atoms with Crippen LogP contribution in [0.2, 0.25) is 0 Å². The smallest absolute Gasteiger partial charge is 0.354 e. The van der Waals surface area contributed by atoms with Gasteiger partial charge in [0.2, 0.25) is 16.0 Å². The molecule has 8 nitrogen and oxygen atoms in total. The molecule has 0 aliphatic rings. The average Bonchev–Trinajstić information content (AvgIpc) is 2.29. The van der Waals surface area contributed by atoms with Gasteiger partial charge < -0.3 is 10.4 Å². The maximum atomic E-state index is 11.4. The first-order valence-electron chi connectivity index (χ1n) is 5.03. The zero-order valence-electron chi connectivity index (χ0n) is 9.99. The van der Waals surface area contributed by atoms with E-state index in [2.05, 4.69) is 15.3 Å². The number of carboxylic acids is 1. The van der Waals surface area contributed by atoms with Crippen molar-refractivity contribution in [2.24, 2.45) is 0 Å². The van der Waals surface area contributed by atoms with Crippen LogP contribution < -0.4 is 5.32 Å². The van der Waals surface area contributed by atoms with Crippen molar-refractivity contribution in [2.75, 3.05) is 31.7 Å². The van der Waals surface area contributed by atoms with Crippen LogP contribution in [0.25, 0.3) is 0 Å². The number of aromatic carboxylic acids is 1. The Morgan fingerprint density at radius 2 is 2.17 bits per heavy atom. The summed E-state index contributed by atoms with van der Waals surface area (Å²) in [6, 6.07) is 1.25. The highest BCUT2D eigenvalue weighted by Gasteiger charge is 2.13. The van der Waals surface area contributed by atoms with Crippen molar-refractivity contribution in [3.05, 3.63) is 18.0 Å². The average molecular weight is 274 g/mol. The zero-order valence-corrected chi connectivity index (χ0v) is 10.8. The van der Waals surface area contributed by atoms with Crippen LogP contribution in [0.15, 0.2) is 12.3 Å². The third-order valence-electron chi connectivity index (χ3n) is 2.07. The predicted octanol–water partition coefficient (Wildman–Crippen LogP) is -0.522. The Hall–Kier alpha value is -1.74. The molecule has 100 valence electrons. The summed E-state index contributed by atoms with van der Waals surface area (Å²) in [5, 5.41) is 11.4. The van der Waals surface area contributed by atoms with Crippen molar-refractivity contribution in [1.29, 1.82) is 0 Å². The largest absolute Gasteiger partial charge is 0.477 e. The Morgan fingerprint density at radius 3 is 2.72 bits per heavy atom. The van der Waals surface area contributed by atoms with E-state index in [9.17, 15) is 13.2 Å². The third kappa shape index (κ3) is 3.93. The van der Waals surface area contributed by atoms with Gasteiger partial charge in [-0.3, -0.25) is 0 Å². The Bertz CT molecular complexity index is 529. The van der Waals surface area contributed by atoms with Crippen molar-refractivity contribution in [3.63, 3.8) is 0 Å². The SMILES string of the molecule is CN(C)S(=O)(=O)CCNc1nccc(C(=O)O)n1. The van der Waals surface area contributed by atoms with E-state index in [-0.39, 0.29) is 23.9 Å². The van der Waals surface area contributed by atoms with E-state index in [1.165, 1.54) is 26.4 Å². The Morgan fingerprint density at radius 1 is 1.50 bits per heavy atom. The van der Waals surface area contributed by atoms with Gasteiger partial charge in [-0.1, -0.05) is 0 Å². The molecule has 0 aromatic carbocycles. The summed E-state index contributed by atoms with van der Waals surface area (Å²) < 4.78 is 24.0. The first-order chi connectivity index (χ1) is 8.33. The fourth-order valence-corrected chi connectivity index (χ4v) is 1.76. The molecule has 0 saturated carbocycles. The van der Waals surface area contributed by atoms with Gasteiger partial charge in [0.25, 0.3) is 0 Å². The molecule has 2 N–H and O–H groups in total. The van der Waals surface area contributed by atoms with E-state index in [0.717, 1.165) is 4.31 Å². The number of carbonyl (C=O) groups is 1. The van der Waals surface area contributed by atoms with Crippen LogP contribution in [0.1, 0.15) is 10.5 Å². The van der Waals surface area contributed by atoms with Gasteiger partial charge in [-0.2, -0.15) is 0 Å².